The van der Waals surface area contributed by atoms with Crippen molar-refractivity contribution >= 4 is 35.0 Å². The number of piperazine rings is 1. The number of nitrogens with zero attached hydrogens (tertiary/aromatic N) is 2. The molecular weight excluding hydrogens is 353 g/mol. The fraction of sp³-hybridized carbons (Fsp3) is 0.500. The first kappa shape index (κ1) is 17.5. The molecule has 1 aromatic rings. The number of nitrogens with one attached hydrogen (secondary N) is 1. The predicted molar refractivity (Wildman–Crippen MR) is 91.6 cm³/mol. The van der Waals surface area contributed by atoms with Gasteiger partial charge in [-0.15, -0.1) is 0 Å². The highest BCUT2D eigenvalue weighted by molar-refractivity contribution is 6.43. The van der Waals surface area contributed by atoms with E-state index in [-0.39, 0.29) is 16.8 Å². The van der Waals surface area contributed by atoms with Crippen molar-refractivity contribution in [2.75, 3.05) is 45.9 Å². The average molecular weight is 372 g/mol. The lowest BCUT2D eigenvalue weighted by Gasteiger charge is -2.37. The van der Waals surface area contributed by atoms with Gasteiger partial charge >= 0.3 is 0 Å². The number of rotatable bonds is 2. The second-order valence-corrected chi connectivity index (χ2v) is 6.57. The maximum atomic E-state index is 12.6. The summed E-state index contributed by atoms with van der Waals surface area (Å²) in [5.41, 5.74) is 0.392. The topological polar surface area (TPSA) is 61.9 Å². The maximum Gasteiger partial charge on any atom is 0.255 e. The van der Waals surface area contributed by atoms with Crippen molar-refractivity contribution in [1.29, 1.82) is 0 Å². The summed E-state index contributed by atoms with van der Waals surface area (Å²) in [5.74, 6) is -0.180. The van der Waals surface area contributed by atoms with E-state index in [9.17, 15) is 9.59 Å². The first-order chi connectivity index (χ1) is 11.6. The number of hydrogen-bond donors (Lipinski definition) is 1. The third-order valence-electron chi connectivity index (χ3n) is 4.26. The van der Waals surface area contributed by atoms with Crippen LogP contribution >= 0.6 is 23.2 Å². The molecular formula is C16H19Cl2N3O3. The van der Waals surface area contributed by atoms with Crippen LogP contribution < -0.4 is 5.32 Å². The molecule has 2 heterocycles. The Morgan fingerprint density at radius 2 is 1.83 bits per heavy atom. The van der Waals surface area contributed by atoms with Crippen LogP contribution in [0.5, 0.6) is 0 Å². The number of morpholine rings is 1. The highest BCUT2D eigenvalue weighted by Crippen LogP contribution is 2.26. The molecule has 0 bridgehead atoms. The van der Waals surface area contributed by atoms with E-state index in [1.165, 1.54) is 0 Å². The average Bonchev–Trinajstić information content (AvgIpc) is 2.64. The van der Waals surface area contributed by atoms with Gasteiger partial charge in [0.15, 0.2) is 0 Å². The number of carbonyl (C=O) groups excluding carboxylic acids is 2. The fourth-order valence-corrected chi connectivity index (χ4v) is 3.28. The van der Waals surface area contributed by atoms with Crippen molar-refractivity contribution in [2.24, 2.45) is 0 Å². The Bertz CT molecular complexity index is 627. The Hall–Kier alpha value is -1.34. The molecule has 1 atom stereocenters. The second kappa shape index (κ2) is 7.70. The van der Waals surface area contributed by atoms with Gasteiger partial charge < -0.3 is 19.9 Å². The lowest BCUT2D eigenvalue weighted by molar-refractivity contribution is -0.146. The molecule has 0 radical (unpaired) electrons. The Kier molecular flexibility index (Phi) is 5.61. The lowest BCUT2D eigenvalue weighted by atomic mass is 10.1. The number of benzene rings is 1. The van der Waals surface area contributed by atoms with Gasteiger partial charge in [0.1, 0.15) is 6.10 Å². The van der Waals surface area contributed by atoms with E-state index in [0.717, 1.165) is 6.54 Å². The van der Waals surface area contributed by atoms with Crippen LogP contribution in [0.4, 0.5) is 0 Å². The van der Waals surface area contributed by atoms with Crippen molar-refractivity contribution in [3.05, 3.63) is 33.8 Å². The number of hydrogen-bond acceptors (Lipinski definition) is 4. The minimum Gasteiger partial charge on any atom is -0.366 e. The largest absolute Gasteiger partial charge is 0.366 e. The minimum atomic E-state index is -0.427. The molecule has 0 aliphatic carbocycles. The van der Waals surface area contributed by atoms with E-state index < -0.39 is 6.10 Å². The van der Waals surface area contributed by atoms with Crippen molar-refractivity contribution in [3.63, 3.8) is 0 Å². The molecule has 130 valence electrons. The molecule has 1 aromatic carbocycles. The standard InChI is InChI=1S/C16H19Cl2N3O3/c17-12-3-1-2-11(14(12)18)15(22)20-5-7-21(8-6-20)16(23)13-10-19-4-9-24-13/h1-3,13,19H,4-10H2. The summed E-state index contributed by atoms with van der Waals surface area (Å²) in [5, 5.41) is 3.78. The Morgan fingerprint density at radius 1 is 1.12 bits per heavy atom. The van der Waals surface area contributed by atoms with Gasteiger partial charge in [0.05, 0.1) is 22.2 Å². The van der Waals surface area contributed by atoms with Gasteiger partial charge in [-0.3, -0.25) is 9.59 Å². The molecule has 1 unspecified atom stereocenters. The molecule has 2 amide bonds. The highest BCUT2D eigenvalue weighted by atomic mass is 35.5. The highest BCUT2D eigenvalue weighted by Gasteiger charge is 2.31. The van der Waals surface area contributed by atoms with Crippen LogP contribution in [0.15, 0.2) is 18.2 Å². The number of amides is 2. The number of halogens is 2. The van der Waals surface area contributed by atoms with Gasteiger partial charge in [-0.25, -0.2) is 0 Å². The monoisotopic (exact) mass is 371 g/mol. The fourth-order valence-electron chi connectivity index (χ4n) is 2.90. The lowest BCUT2D eigenvalue weighted by Crippen LogP contribution is -2.56. The Balaban J connectivity index is 1.59. The van der Waals surface area contributed by atoms with Gasteiger partial charge in [0.25, 0.3) is 11.8 Å². The summed E-state index contributed by atoms with van der Waals surface area (Å²) < 4.78 is 5.50. The Morgan fingerprint density at radius 3 is 2.50 bits per heavy atom. The van der Waals surface area contributed by atoms with Crippen LogP contribution in [0.2, 0.25) is 10.0 Å². The zero-order valence-electron chi connectivity index (χ0n) is 13.1. The molecule has 2 fully saturated rings. The molecule has 2 aliphatic rings. The first-order valence-corrected chi connectivity index (χ1v) is 8.68. The summed E-state index contributed by atoms with van der Waals surface area (Å²) in [7, 11) is 0. The van der Waals surface area contributed by atoms with Crippen molar-refractivity contribution in [3.8, 4) is 0 Å². The van der Waals surface area contributed by atoms with Gasteiger partial charge in [0.2, 0.25) is 0 Å². The quantitative estimate of drug-likeness (QED) is 0.850. The summed E-state index contributed by atoms with van der Waals surface area (Å²) in [6.07, 6.45) is -0.427. The van der Waals surface area contributed by atoms with E-state index in [1.54, 1.807) is 28.0 Å². The molecule has 0 spiro atoms. The molecule has 24 heavy (non-hydrogen) atoms. The number of ether oxygens (including phenoxy) is 1. The molecule has 6 nitrogen and oxygen atoms in total. The molecule has 0 saturated carbocycles. The zero-order chi connectivity index (χ0) is 17.1. The molecule has 8 heteroatoms. The summed E-state index contributed by atoms with van der Waals surface area (Å²) in [6.45, 7) is 3.76. The SMILES string of the molecule is O=C(c1cccc(Cl)c1Cl)N1CCN(C(=O)C2CNCCO2)CC1. The maximum absolute atomic E-state index is 12.6. The first-order valence-electron chi connectivity index (χ1n) is 7.92. The zero-order valence-corrected chi connectivity index (χ0v) is 14.6. The van der Waals surface area contributed by atoms with Gasteiger partial charge in [-0.1, -0.05) is 29.3 Å². The predicted octanol–water partition coefficient (Wildman–Crippen LogP) is 1.27. The van der Waals surface area contributed by atoms with Crippen molar-refractivity contribution in [1.82, 2.24) is 15.1 Å². The third kappa shape index (κ3) is 3.67. The van der Waals surface area contributed by atoms with E-state index in [1.807, 2.05) is 0 Å². The van der Waals surface area contributed by atoms with E-state index in [2.05, 4.69) is 5.32 Å². The summed E-state index contributed by atoms with van der Waals surface area (Å²) in [4.78, 5) is 28.5. The minimum absolute atomic E-state index is 0.0184. The van der Waals surface area contributed by atoms with Gasteiger partial charge in [0, 0.05) is 39.3 Å². The van der Waals surface area contributed by atoms with Crippen LogP contribution in [0, 0.1) is 0 Å². The summed E-state index contributed by atoms with van der Waals surface area (Å²) in [6, 6.07) is 5.01. The van der Waals surface area contributed by atoms with Crippen LogP contribution in [0.25, 0.3) is 0 Å². The molecule has 2 saturated heterocycles. The van der Waals surface area contributed by atoms with Crippen molar-refractivity contribution < 1.29 is 14.3 Å². The third-order valence-corrected chi connectivity index (χ3v) is 5.08. The van der Waals surface area contributed by atoms with Crippen LogP contribution in [-0.2, 0) is 9.53 Å². The normalized spacial score (nSPS) is 21.7. The van der Waals surface area contributed by atoms with Gasteiger partial charge in [-0.05, 0) is 12.1 Å². The van der Waals surface area contributed by atoms with E-state index in [4.69, 9.17) is 27.9 Å². The molecule has 3 rings (SSSR count). The smallest absolute Gasteiger partial charge is 0.255 e. The molecule has 0 aromatic heterocycles. The molecule has 2 aliphatic heterocycles. The van der Waals surface area contributed by atoms with E-state index >= 15 is 0 Å². The number of carbonyl (C=O) groups is 2. The van der Waals surface area contributed by atoms with E-state index in [0.29, 0.717) is 49.9 Å². The van der Waals surface area contributed by atoms with Crippen molar-refractivity contribution in [2.45, 2.75) is 6.10 Å². The molecule has 1 N–H and O–H groups in total. The van der Waals surface area contributed by atoms with Crippen LogP contribution in [0.1, 0.15) is 10.4 Å². The summed E-state index contributed by atoms with van der Waals surface area (Å²) >= 11 is 12.1. The Labute approximate surface area is 150 Å². The van der Waals surface area contributed by atoms with Gasteiger partial charge in [-0.2, -0.15) is 0 Å². The van der Waals surface area contributed by atoms with Crippen LogP contribution in [-0.4, -0.2) is 73.6 Å². The second-order valence-electron chi connectivity index (χ2n) is 5.78. The van der Waals surface area contributed by atoms with Crippen LogP contribution in [0.3, 0.4) is 0 Å².